The molecule has 2 aliphatic rings. The number of piperidine rings is 1. The van der Waals surface area contributed by atoms with Gasteiger partial charge in [0.25, 0.3) is 0 Å². The van der Waals surface area contributed by atoms with Crippen molar-refractivity contribution in [3.8, 4) is 0 Å². The molecular formula is C18H25FN2O3S. The monoisotopic (exact) mass is 368 g/mol. The lowest BCUT2D eigenvalue weighted by Gasteiger charge is -2.43. The van der Waals surface area contributed by atoms with Crippen molar-refractivity contribution >= 4 is 17.5 Å². The van der Waals surface area contributed by atoms with Crippen LogP contribution in [0.2, 0.25) is 0 Å². The van der Waals surface area contributed by atoms with Crippen molar-refractivity contribution in [2.24, 2.45) is 5.41 Å². The lowest BCUT2D eigenvalue weighted by Crippen LogP contribution is -2.50. The molecule has 138 valence electrons. The lowest BCUT2D eigenvalue weighted by molar-refractivity contribution is 0.0764. The molecule has 25 heavy (non-hydrogen) atoms. The van der Waals surface area contributed by atoms with Crippen LogP contribution in [-0.4, -0.2) is 38.5 Å². The maximum absolute atomic E-state index is 13.8. The van der Waals surface area contributed by atoms with Crippen LogP contribution >= 0.6 is 0 Å². The Labute approximate surface area is 150 Å². The molecule has 0 radical (unpaired) electrons. The first-order valence-corrected chi connectivity index (χ1v) is 9.72. The fraction of sp³-hybridized carbons (Fsp3) is 0.611. The van der Waals surface area contributed by atoms with Crippen LogP contribution in [0.3, 0.4) is 0 Å². The van der Waals surface area contributed by atoms with Crippen LogP contribution in [0.5, 0.6) is 0 Å². The summed E-state index contributed by atoms with van der Waals surface area (Å²) in [5.74, 6) is -0.299. The van der Waals surface area contributed by atoms with Gasteiger partial charge in [0.2, 0.25) is 0 Å². The van der Waals surface area contributed by atoms with E-state index < -0.39 is 22.2 Å². The molecule has 1 saturated heterocycles. The summed E-state index contributed by atoms with van der Waals surface area (Å²) >= 11 is -1.29. The minimum absolute atomic E-state index is 0.219. The number of hydrogen-bond donors (Lipinski definition) is 2. The van der Waals surface area contributed by atoms with Gasteiger partial charge in [0.05, 0.1) is 6.04 Å². The summed E-state index contributed by atoms with van der Waals surface area (Å²) < 4.78 is 29.4. The topological polar surface area (TPSA) is 75.6 Å². The fourth-order valence-electron chi connectivity index (χ4n) is 3.89. The number of nitrogens with one attached hydrogen (secondary N) is 1. The Balaban J connectivity index is 1.91. The van der Waals surface area contributed by atoms with Gasteiger partial charge in [0.1, 0.15) is 10.6 Å². The number of rotatable bonds is 2. The van der Waals surface area contributed by atoms with E-state index >= 15 is 0 Å². The average Bonchev–Trinajstić information content (AvgIpc) is 2.80. The van der Waals surface area contributed by atoms with Gasteiger partial charge in [-0.05, 0) is 63.3 Å². The van der Waals surface area contributed by atoms with Crippen LogP contribution in [-0.2, 0) is 17.8 Å². The van der Waals surface area contributed by atoms with Gasteiger partial charge in [-0.15, -0.1) is 4.72 Å². The molecule has 1 spiro atoms. The van der Waals surface area contributed by atoms with Crippen molar-refractivity contribution in [3.63, 3.8) is 0 Å². The molecule has 1 aliphatic heterocycles. The average molecular weight is 368 g/mol. The first-order valence-electron chi connectivity index (χ1n) is 8.57. The van der Waals surface area contributed by atoms with Gasteiger partial charge in [-0.3, -0.25) is 0 Å². The molecule has 1 amide bonds. The Hall–Kier alpha value is -1.31. The van der Waals surface area contributed by atoms with Crippen LogP contribution in [0, 0.1) is 11.2 Å². The quantitative estimate of drug-likeness (QED) is 0.786. The van der Waals surface area contributed by atoms with E-state index in [4.69, 9.17) is 0 Å². The number of carbonyl (C=O) groups is 1. The van der Waals surface area contributed by atoms with Crippen molar-refractivity contribution < 1.29 is 18.8 Å². The first-order chi connectivity index (χ1) is 11.6. The second-order valence-corrected chi connectivity index (χ2v) is 10.1. The molecule has 0 aromatic heterocycles. The number of halogens is 1. The van der Waals surface area contributed by atoms with Gasteiger partial charge >= 0.3 is 6.09 Å². The third kappa shape index (κ3) is 3.50. The van der Waals surface area contributed by atoms with Gasteiger partial charge in [-0.2, -0.15) is 0 Å². The summed E-state index contributed by atoms with van der Waals surface area (Å²) in [6, 6.07) is 4.57. The predicted octanol–water partition coefficient (Wildman–Crippen LogP) is 3.23. The summed E-state index contributed by atoms with van der Waals surface area (Å²) in [6.07, 6.45) is 1.21. The molecule has 2 N–H and O–H groups in total. The maximum Gasteiger partial charge on any atom is 0.407 e. The molecular weight excluding hydrogens is 343 g/mol. The molecule has 1 aromatic carbocycles. The molecule has 2 atom stereocenters. The minimum Gasteiger partial charge on any atom is -0.598 e. The third-order valence-corrected chi connectivity index (χ3v) is 6.95. The van der Waals surface area contributed by atoms with E-state index in [0.29, 0.717) is 25.9 Å². The van der Waals surface area contributed by atoms with Crippen molar-refractivity contribution in [1.29, 1.82) is 0 Å². The van der Waals surface area contributed by atoms with Crippen LogP contribution in [0.4, 0.5) is 9.18 Å². The summed E-state index contributed by atoms with van der Waals surface area (Å²) in [4.78, 5) is 12.6. The van der Waals surface area contributed by atoms with Gasteiger partial charge in [0, 0.05) is 29.9 Å². The van der Waals surface area contributed by atoms with E-state index in [1.807, 2.05) is 20.8 Å². The first kappa shape index (κ1) is 18.5. The molecule has 7 heteroatoms. The Morgan fingerprint density at radius 3 is 2.60 bits per heavy atom. The Morgan fingerprint density at radius 2 is 2.04 bits per heavy atom. The number of amides is 1. The van der Waals surface area contributed by atoms with Crippen LogP contribution in [0.25, 0.3) is 0 Å². The van der Waals surface area contributed by atoms with E-state index in [9.17, 15) is 18.8 Å². The second kappa shape index (κ2) is 6.45. The van der Waals surface area contributed by atoms with E-state index in [-0.39, 0.29) is 17.3 Å². The maximum atomic E-state index is 13.8. The molecule has 0 bridgehead atoms. The zero-order valence-corrected chi connectivity index (χ0v) is 15.7. The number of benzene rings is 1. The highest BCUT2D eigenvalue weighted by atomic mass is 32.2. The highest BCUT2D eigenvalue weighted by Crippen LogP contribution is 2.52. The summed E-state index contributed by atoms with van der Waals surface area (Å²) in [5.41, 5.74) is 1.71. The van der Waals surface area contributed by atoms with Crippen LogP contribution < -0.4 is 4.72 Å². The number of hydrogen-bond acceptors (Lipinski definition) is 3. The lowest BCUT2D eigenvalue weighted by atomic mass is 9.73. The van der Waals surface area contributed by atoms with E-state index in [1.165, 1.54) is 17.0 Å². The summed E-state index contributed by atoms with van der Waals surface area (Å²) in [5, 5.41) is 9.21. The molecule has 1 aliphatic carbocycles. The molecule has 1 aromatic rings. The number of carboxylic acid groups (broad SMARTS) is 1. The Kier molecular flexibility index (Phi) is 4.77. The molecule has 5 nitrogen and oxygen atoms in total. The molecule has 1 heterocycles. The largest absolute Gasteiger partial charge is 0.598 e. The van der Waals surface area contributed by atoms with Gasteiger partial charge in [-0.25, -0.2) is 9.18 Å². The normalized spacial score (nSPS) is 23.6. The van der Waals surface area contributed by atoms with Gasteiger partial charge < -0.3 is 14.6 Å². The summed E-state index contributed by atoms with van der Waals surface area (Å²) in [7, 11) is 0. The Morgan fingerprint density at radius 1 is 1.40 bits per heavy atom. The number of likely N-dealkylation sites (tertiary alicyclic amines) is 1. The van der Waals surface area contributed by atoms with E-state index in [0.717, 1.165) is 17.5 Å². The van der Waals surface area contributed by atoms with Crippen molar-refractivity contribution in [3.05, 3.63) is 35.1 Å². The van der Waals surface area contributed by atoms with Gasteiger partial charge in [0.15, 0.2) is 0 Å². The predicted molar refractivity (Wildman–Crippen MR) is 95.1 cm³/mol. The molecule has 0 saturated carbocycles. The molecule has 1 fully saturated rings. The second-order valence-electron chi connectivity index (χ2n) is 8.08. The van der Waals surface area contributed by atoms with Crippen LogP contribution in [0.1, 0.15) is 50.8 Å². The molecule has 3 rings (SSSR count). The third-order valence-electron chi connectivity index (χ3n) is 5.38. The SMILES string of the molecule is CC(C)(C)[S+]([O-])N[C@@H]1c2cc(F)ccc2CC12CCN(C(=O)O)CC2. The van der Waals surface area contributed by atoms with Crippen LogP contribution in [0.15, 0.2) is 18.2 Å². The van der Waals surface area contributed by atoms with E-state index in [2.05, 4.69) is 4.72 Å². The summed E-state index contributed by atoms with van der Waals surface area (Å²) in [6.45, 7) is 6.60. The van der Waals surface area contributed by atoms with Crippen molar-refractivity contribution in [1.82, 2.24) is 9.62 Å². The number of nitrogens with zero attached hydrogens (tertiary/aromatic N) is 1. The zero-order valence-electron chi connectivity index (χ0n) is 14.8. The highest BCUT2D eigenvalue weighted by Gasteiger charge is 2.51. The Bertz CT molecular complexity index is 669. The zero-order chi connectivity index (χ0) is 18.4. The smallest absolute Gasteiger partial charge is 0.407 e. The minimum atomic E-state index is -1.29. The van der Waals surface area contributed by atoms with Crippen molar-refractivity contribution in [2.45, 2.75) is 50.8 Å². The highest BCUT2D eigenvalue weighted by molar-refractivity contribution is 7.90. The molecule has 1 unspecified atom stereocenters. The van der Waals surface area contributed by atoms with Gasteiger partial charge in [-0.1, -0.05) is 6.07 Å². The van der Waals surface area contributed by atoms with Crippen molar-refractivity contribution in [2.75, 3.05) is 13.1 Å². The standard InChI is InChI=1S/C18H25FN2O3S/c1-17(2,3)25(24)20-15-14-10-13(19)5-4-12(14)11-18(15)6-8-21(9-7-18)16(22)23/h4-5,10,15,20H,6-9,11H2,1-3H3,(H,22,23)/t15-,25?/m1/s1. The fourth-order valence-corrected chi connectivity index (χ4v) is 4.83. The number of fused-ring (bicyclic) bond motifs is 1. The van der Waals surface area contributed by atoms with E-state index in [1.54, 1.807) is 6.07 Å².